The van der Waals surface area contributed by atoms with Crippen LogP contribution in [0.25, 0.3) is 0 Å². The number of hydrogen-bond donors (Lipinski definition) is 0. The van der Waals surface area contributed by atoms with Gasteiger partial charge in [0.25, 0.3) is 0 Å². The summed E-state index contributed by atoms with van der Waals surface area (Å²) >= 11 is 7.40. The number of esters is 1. The number of rotatable bonds is 4. The van der Waals surface area contributed by atoms with Gasteiger partial charge in [-0.05, 0) is 12.1 Å². The van der Waals surface area contributed by atoms with E-state index in [1.165, 1.54) is 24.6 Å². The van der Waals surface area contributed by atoms with E-state index in [0.29, 0.717) is 12.4 Å². The van der Waals surface area contributed by atoms with Crippen molar-refractivity contribution < 1.29 is 9.53 Å². The highest BCUT2D eigenvalue weighted by Gasteiger charge is 2.11. The minimum absolute atomic E-state index is 0.191. The fourth-order valence-electron chi connectivity index (χ4n) is 1.49. The summed E-state index contributed by atoms with van der Waals surface area (Å²) in [6.45, 7) is 0.649. The van der Waals surface area contributed by atoms with E-state index >= 15 is 0 Å². The van der Waals surface area contributed by atoms with E-state index in [1.54, 1.807) is 6.20 Å². The van der Waals surface area contributed by atoms with Crippen LogP contribution in [0.1, 0.15) is 15.4 Å². The first-order valence-corrected chi connectivity index (χ1v) is 6.65. The number of aromatic nitrogens is 2. The topological polar surface area (TPSA) is 55.3 Å². The quantitative estimate of drug-likeness (QED) is 0.812. The number of halogens is 1. The Hall–Kier alpha value is -1.66. The lowest BCUT2D eigenvalue weighted by Gasteiger charge is -2.16. The molecule has 0 bridgehead atoms. The van der Waals surface area contributed by atoms with Crippen molar-refractivity contribution in [2.45, 2.75) is 6.54 Å². The minimum atomic E-state index is -0.498. The molecule has 0 aliphatic heterocycles. The van der Waals surface area contributed by atoms with Gasteiger partial charge in [0.05, 0.1) is 30.4 Å². The number of ether oxygens (including phenoxy) is 1. The van der Waals surface area contributed by atoms with Crippen LogP contribution in [0.2, 0.25) is 4.34 Å². The van der Waals surface area contributed by atoms with Crippen molar-refractivity contribution in [2.24, 2.45) is 0 Å². The zero-order valence-electron chi connectivity index (χ0n) is 10.5. The molecular formula is C12H12ClN3O2S. The van der Waals surface area contributed by atoms with Crippen molar-refractivity contribution in [3.63, 3.8) is 0 Å². The van der Waals surface area contributed by atoms with Crippen LogP contribution in [0.4, 0.5) is 5.82 Å². The molecule has 19 heavy (non-hydrogen) atoms. The molecule has 5 nitrogen and oxygen atoms in total. The van der Waals surface area contributed by atoms with Gasteiger partial charge in [0.15, 0.2) is 5.69 Å². The van der Waals surface area contributed by atoms with E-state index in [1.807, 2.05) is 24.1 Å². The molecule has 0 radical (unpaired) electrons. The second-order valence-electron chi connectivity index (χ2n) is 3.82. The third-order valence-corrected chi connectivity index (χ3v) is 3.65. The Bertz CT molecular complexity index is 588. The molecule has 0 amide bonds. The van der Waals surface area contributed by atoms with Gasteiger partial charge in [-0.1, -0.05) is 11.6 Å². The zero-order chi connectivity index (χ0) is 13.8. The van der Waals surface area contributed by atoms with Crippen LogP contribution >= 0.6 is 22.9 Å². The van der Waals surface area contributed by atoms with Crippen molar-refractivity contribution in [1.29, 1.82) is 0 Å². The van der Waals surface area contributed by atoms with Crippen LogP contribution in [0, 0.1) is 0 Å². The molecule has 0 saturated carbocycles. The Morgan fingerprint density at radius 3 is 2.89 bits per heavy atom. The van der Waals surface area contributed by atoms with Gasteiger partial charge >= 0.3 is 5.97 Å². The Morgan fingerprint density at radius 1 is 1.47 bits per heavy atom. The van der Waals surface area contributed by atoms with E-state index in [4.69, 9.17) is 11.6 Å². The summed E-state index contributed by atoms with van der Waals surface area (Å²) in [6.07, 6.45) is 2.98. The fourth-order valence-corrected chi connectivity index (χ4v) is 2.64. The monoisotopic (exact) mass is 297 g/mol. The number of anilines is 1. The van der Waals surface area contributed by atoms with E-state index in [9.17, 15) is 4.79 Å². The Labute approximate surface area is 119 Å². The lowest BCUT2D eigenvalue weighted by molar-refractivity contribution is 0.0593. The lowest BCUT2D eigenvalue weighted by atomic mass is 10.4. The molecule has 0 spiro atoms. The second-order valence-corrected chi connectivity index (χ2v) is 5.62. The van der Waals surface area contributed by atoms with Crippen LogP contribution in [0.5, 0.6) is 0 Å². The highest BCUT2D eigenvalue weighted by atomic mass is 35.5. The minimum Gasteiger partial charge on any atom is -0.464 e. The Morgan fingerprint density at radius 2 is 2.26 bits per heavy atom. The van der Waals surface area contributed by atoms with Gasteiger partial charge in [0, 0.05) is 11.9 Å². The largest absolute Gasteiger partial charge is 0.464 e. The number of nitrogens with zero attached hydrogens (tertiary/aromatic N) is 3. The van der Waals surface area contributed by atoms with Crippen molar-refractivity contribution in [3.8, 4) is 0 Å². The number of hydrogen-bond acceptors (Lipinski definition) is 6. The first-order valence-electron chi connectivity index (χ1n) is 5.46. The zero-order valence-corrected chi connectivity index (χ0v) is 12.0. The fraction of sp³-hybridized carbons (Fsp3) is 0.250. The molecule has 0 aliphatic carbocycles. The predicted molar refractivity (Wildman–Crippen MR) is 74.8 cm³/mol. The van der Waals surface area contributed by atoms with Crippen LogP contribution in [0.15, 0.2) is 24.5 Å². The van der Waals surface area contributed by atoms with Gasteiger partial charge in [-0.25, -0.2) is 9.78 Å². The summed E-state index contributed by atoms with van der Waals surface area (Å²) in [4.78, 5) is 22.6. The van der Waals surface area contributed by atoms with Gasteiger partial charge in [-0.2, -0.15) is 0 Å². The lowest BCUT2D eigenvalue weighted by Crippen LogP contribution is -2.18. The van der Waals surface area contributed by atoms with Gasteiger partial charge in [-0.3, -0.25) is 4.98 Å². The molecule has 0 aromatic carbocycles. The maximum Gasteiger partial charge on any atom is 0.358 e. The normalized spacial score (nSPS) is 10.3. The van der Waals surface area contributed by atoms with Crippen LogP contribution in [-0.4, -0.2) is 30.1 Å². The molecular weight excluding hydrogens is 286 g/mol. The molecule has 100 valence electrons. The van der Waals surface area contributed by atoms with E-state index < -0.39 is 5.97 Å². The highest BCUT2D eigenvalue weighted by Crippen LogP contribution is 2.23. The molecule has 0 saturated heterocycles. The van der Waals surface area contributed by atoms with E-state index in [2.05, 4.69) is 14.7 Å². The molecule has 0 atom stereocenters. The van der Waals surface area contributed by atoms with Crippen molar-refractivity contribution >= 4 is 34.7 Å². The summed E-state index contributed by atoms with van der Waals surface area (Å²) < 4.78 is 5.37. The van der Waals surface area contributed by atoms with Gasteiger partial charge in [0.2, 0.25) is 0 Å². The van der Waals surface area contributed by atoms with Crippen molar-refractivity contribution in [2.75, 3.05) is 19.1 Å². The van der Waals surface area contributed by atoms with Gasteiger partial charge in [0.1, 0.15) is 5.82 Å². The average molecular weight is 298 g/mol. The molecule has 2 rings (SSSR count). The molecule has 7 heteroatoms. The first-order chi connectivity index (χ1) is 9.10. The molecule has 0 N–H and O–H groups in total. The summed E-state index contributed by atoms with van der Waals surface area (Å²) in [5.41, 5.74) is 0.191. The summed E-state index contributed by atoms with van der Waals surface area (Å²) in [5.74, 6) is 0.106. The molecule has 2 aromatic heterocycles. The Kier molecular flexibility index (Phi) is 4.34. The molecule has 0 aliphatic rings. The van der Waals surface area contributed by atoms with Crippen LogP contribution in [-0.2, 0) is 11.3 Å². The van der Waals surface area contributed by atoms with Crippen molar-refractivity contribution in [3.05, 3.63) is 39.4 Å². The Balaban J connectivity index is 2.14. The summed E-state index contributed by atoms with van der Waals surface area (Å²) in [5, 5.41) is 0. The number of carbonyl (C=O) groups excluding carboxylic acids is 1. The van der Waals surface area contributed by atoms with Crippen molar-refractivity contribution in [1.82, 2.24) is 9.97 Å². The first kappa shape index (κ1) is 13.8. The smallest absolute Gasteiger partial charge is 0.358 e. The molecule has 2 aromatic rings. The number of methoxy groups -OCH3 is 1. The highest BCUT2D eigenvalue weighted by molar-refractivity contribution is 7.16. The summed E-state index contributed by atoms with van der Waals surface area (Å²) in [6, 6.07) is 3.81. The SMILES string of the molecule is COC(=O)c1cncc(N(C)Cc2ccc(Cl)s2)n1. The molecule has 0 unspecified atom stereocenters. The standard InChI is InChI=1S/C12H12ClN3O2S/c1-16(7-8-3-4-10(13)19-8)11-6-14-5-9(15-11)12(17)18-2/h3-6H,7H2,1-2H3. The van der Waals surface area contributed by atoms with Crippen LogP contribution in [0.3, 0.4) is 0 Å². The number of thiophene rings is 1. The number of carbonyl (C=O) groups is 1. The summed E-state index contributed by atoms with van der Waals surface area (Å²) in [7, 11) is 3.19. The molecule has 2 heterocycles. The molecule has 0 fully saturated rings. The third kappa shape index (κ3) is 3.42. The average Bonchev–Trinajstić information content (AvgIpc) is 2.83. The predicted octanol–water partition coefficient (Wildman–Crippen LogP) is 2.61. The maximum atomic E-state index is 11.4. The van der Waals surface area contributed by atoms with Gasteiger partial charge < -0.3 is 9.64 Å². The van der Waals surface area contributed by atoms with E-state index in [-0.39, 0.29) is 5.69 Å². The maximum absolute atomic E-state index is 11.4. The third-order valence-electron chi connectivity index (χ3n) is 2.43. The van der Waals surface area contributed by atoms with Gasteiger partial charge in [-0.15, -0.1) is 11.3 Å². The second kappa shape index (κ2) is 5.99. The van der Waals surface area contributed by atoms with E-state index in [0.717, 1.165) is 9.21 Å². The van der Waals surface area contributed by atoms with Crippen LogP contribution < -0.4 is 4.90 Å².